The fourth-order valence-corrected chi connectivity index (χ4v) is 7.18. The summed E-state index contributed by atoms with van der Waals surface area (Å²) in [5, 5.41) is 0. The van der Waals surface area contributed by atoms with Crippen molar-refractivity contribution in [3.63, 3.8) is 0 Å². The van der Waals surface area contributed by atoms with Gasteiger partial charge in [-0.2, -0.15) is 0 Å². The molecule has 0 heterocycles. The van der Waals surface area contributed by atoms with Crippen LogP contribution in [0.3, 0.4) is 0 Å². The third kappa shape index (κ3) is 138. The molecule has 0 aromatic heterocycles. The molecule has 0 spiro atoms. The van der Waals surface area contributed by atoms with Crippen molar-refractivity contribution >= 4 is 41.8 Å². The molecule has 0 saturated carbocycles. The van der Waals surface area contributed by atoms with Crippen LogP contribution in [-0.4, -0.2) is 143 Å². The summed E-state index contributed by atoms with van der Waals surface area (Å²) >= 11 is 0. The van der Waals surface area contributed by atoms with Crippen molar-refractivity contribution in [1.29, 1.82) is 0 Å². The summed E-state index contributed by atoms with van der Waals surface area (Å²) in [6, 6.07) is 0. The topological polar surface area (TPSA) is 221 Å². The molecule has 0 amide bonds. The molecule has 592 valence electrons. The van der Waals surface area contributed by atoms with Crippen LogP contribution in [0.15, 0.2) is 112 Å². The molecule has 0 atom stereocenters. The Morgan fingerprint density at radius 3 is 0.663 bits per heavy atom. The van der Waals surface area contributed by atoms with Crippen LogP contribution in [0.25, 0.3) is 0 Å². The van der Waals surface area contributed by atoms with Gasteiger partial charge in [-0.05, 0) is 104 Å². The Morgan fingerprint density at radius 2 is 0.426 bits per heavy atom. The second-order valence-corrected chi connectivity index (χ2v) is 23.4. The Kier molecular flexibility index (Phi) is 120. The summed E-state index contributed by atoms with van der Waals surface area (Å²) in [4.78, 5) is 74.0. The van der Waals surface area contributed by atoms with Gasteiger partial charge in [-0.15, -0.1) is 13.2 Å². The number of hydrogen-bond donors (Lipinski definition) is 0. The number of hydrogen-bond acceptors (Lipinski definition) is 18. The lowest BCUT2D eigenvalue weighted by molar-refractivity contribution is -0.139. The number of esters is 7. The van der Waals surface area contributed by atoms with E-state index in [-0.39, 0.29) is 41.8 Å². The summed E-state index contributed by atoms with van der Waals surface area (Å²) in [7, 11) is 6.84. The van der Waals surface area contributed by atoms with Gasteiger partial charge in [-0.1, -0.05) is 233 Å². The van der Waals surface area contributed by atoms with Crippen molar-refractivity contribution in [3.8, 4) is 0 Å². The highest BCUT2D eigenvalue weighted by Gasteiger charge is 2.03. The summed E-state index contributed by atoms with van der Waals surface area (Å²) in [5.41, 5.74) is 2.96. The van der Waals surface area contributed by atoms with E-state index >= 15 is 0 Å². The fraction of sp³-hybridized carbons (Fsp3) is 0.699. The number of carbonyl (C=O) groups is 7. The third-order valence-corrected chi connectivity index (χ3v) is 13.2. The van der Waals surface area contributed by atoms with E-state index in [4.69, 9.17) is 47.4 Å². The van der Waals surface area contributed by atoms with E-state index in [1.165, 1.54) is 157 Å². The lowest BCUT2D eigenvalue weighted by Crippen LogP contribution is -2.05. The predicted molar refractivity (Wildman–Crippen MR) is 420 cm³/mol. The molecule has 0 unspecified atom stereocenters. The zero-order valence-corrected chi connectivity index (χ0v) is 66.7. The molecule has 0 saturated heterocycles. The van der Waals surface area contributed by atoms with E-state index < -0.39 is 0 Å². The first kappa shape index (κ1) is 113. The van der Waals surface area contributed by atoms with Gasteiger partial charge in [0.15, 0.2) is 0 Å². The van der Waals surface area contributed by atoms with Crippen LogP contribution >= 0.6 is 0 Å². The normalized spacial score (nSPS) is 9.43. The largest absolute Gasteiger partial charge is 0.463 e. The molecule has 0 fully saturated rings. The minimum Gasteiger partial charge on any atom is -0.463 e. The minimum atomic E-state index is -0.359. The van der Waals surface area contributed by atoms with Gasteiger partial charge in [0.1, 0.15) is 0 Å². The Balaban J connectivity index is -0.000000136. The molecule has 0 aromatic rings. The van der Waals surface area contributed by atoms with Crippen LogP contribution in [0.2, 0.25) is 0 Å². The van der Waals surface area contributed by atoms with Gasteiger partial charge in [-0.25, -0.2) is 33.6 Å². The second kappa shape index (κ2) is 107. The highest BCUT2D eigenvalue weighted by Crippen LogP contribution is 2.10. The monoisotopic (exact) mass is 1440 g/mol. The van der Waals surface area contributed by atoms with E-state index in [0.29, 0.717) is 58.4 Å². The number of methoxy groups -OCH3 is 4. The van der Waals surface area contributed by atoms with E-state index in [2.05, 4.69) is 98.6 Å². The van der Waals surface area contributed by atoms with Gasteiger partial charge < -0.3 is 52.1 Å². The van der Waals surface area contributed by atoms with Gasteiger partial charge in [0.05, 0.1) is 46.2 Å². The average molecular weight is 1440 g/mol. The minimum absolute atomic E-state index is 0.278. The number of ether oxygens (including phenoxy) is 11. The Morgan fingerprint density at radius 1 is 0.238 bits per heavy atom. The first-order valence-electron chi connectivity index (χ1n) is 37.4. The average Bonchev–Trinajstić information content (AvgIpc) is 3.18. The lowest BCUT2D eigenvalue weighted by atomic mass is 10.1. The van der Waals surface area contributed by atoms with Crippen molar-refractivity contribution in [1.82, 2.24) is 0 Å². The molecule has 0 aromatic carbocycles. The molecule has 18 heteroatoms. The van der Waals surface area contributed by atoms with Gasteiger partial charge >= 0.3 is 41.8 Å². The Bertz CT molecular complexity index is 1900. The van der Waals surface area contributed by atoms with Crippen molar-refractivity contribution in [2.45, 2.75) is 280 Å². The first-order valence-corrected chi connectivity index (χ1v) is 37.4. The highest BCUT2D eigenvalue weighted by molar-refractivity contribution is 5.87. The van der Waals surface area contributed by atoms with E-state index in [0.717, 1.165) is 135 Å². The molecule has 0 N–H and O–H groups in total. The second-order valence-electron chi connectivity index (χ2n) is 23.4. The number of carbonyl (C=O) groups excluding carboxylic acids is 7. The molecular weight excluding hydrogens is 1280 g/mol. The smallest absolute Gasteiger partial charge is 0.333 e. The molecular formula is C83H152O18. The van der Waals surface area contributed by atoms with Crippen LogP contribution in [0.1, 0.15) is 280 Å². The van der Waals surface area contributed by atoms with Gasteiger partial charge in [0.25, 0.3) is 0 Å². The summed E-state index contributed by atoms with van der Waals surface area (Å²) in [5.74, 6) is -2.23. The zero-order chi connectivity index (χ0) is 78.3. The van der Waals surface area contributed by atoms with E-state index in [1.807, 2.05) is 13.8 Å². The van der Waals surface area contributed by atoms with Crippen LogP contribution in [0.5, 0.6) is 0 Å². The molecule has 18 nitrogen and oxygen atoms in total. The maximum Gasteiger partial charge on any atom is 0.333 e. The molecule has 0 aliphatic heterocycles. The lowest BCUT2D eigenvalue weighted by Gasteiger charge is -2.04. The number of unbranched alkanes of at least 4 members (excludes halogenated alkanes) is 25. The number of rotatable bonds is 57. The maximum absolute atomic E-state index is 11.0. The maximum atomic E-state index is 11.0. The quantitative estimate of drug-likeness (QED) is 0.0182. The molecule has 101 heavy (non-hydrogen) atoms. The van der Waals surface area contributed by atoms with Crippen molar-refractivity contribution in [2.75, 3.05) is 101 Å². The third-order valence-electron chi connectivity index (χ3n) is 13.2. The summed E-state index contributed by atoms with van der Waals surface area (Å²) in [6.07, 6.45) is 47.3. The van der Waals surface area contributed by atoms with Gasteiger partial charge in [0.2, 0.25) is 0 Å². The summed E-state index contributed by atoms with van der Waals surface area (Å²) in [6.45, 7) is 54.2. The highest BCUT2D eigenvalue weighted by atomic mass is 16.6. The summed E-state index contributed by atoms with van der Waals surface area (Å²) < 4.78 is 53.1. The first-order chi connectivity index (χ1) is 48.6. The van der Waals surface area contributed by atoms with E-state index in [1.54, 1.807) is 35.4 Å². The van der Waals surface area contributed by atoms with E-state index in [9.17, 15) is 33.6 Å². The standard InChI is InChI=1S/C13H24O3.C12H22O2.C10H18O2.C10H20O.C9H16O2.C8H14O3.C8H14O2.C7H12O2.C6H12O/c1-12(2)13(14)16-11-9-7-5-4-6-8-10-15-3;1-3-5-6-7-8-9-10-11-14-12(13)4-2;1-3-5-6-7-8-9-12-10(11)4-2;1-10(2)8-6-4-5-7-9-11-3;1-3-5-6-7-8-11-9(10)4-2;1-3-8(9)11-7-5-4-6-10-2;1-3-5-6-7-10-8(9)4-2;1-3-5-6-9-7(8)4-2;1-6(2)4-5-7-3/h1,4-11H2,2-3H3;4H,2-3,5-11H2,1H3;4H,2-3,5-9H2,1H3;1,4-9H2,2-3H3;4H,2-3,5-8H2,1H3;3H,1,4-7H2,2H3;4H,2-3,5-7H2,1H3;4H,2-3,5-6H2,1H3;1,4-5H2,2-3H3. The number of allylic oxidation sites excluding steroid dienone is 1. The van der Waals surface area contributed by atoms with Crippen LogP contribution in [-0.2, 0) is 85.7 Å². The molecule has 0 aliphatic rings. The molecule has 0 radical (unpaired) electrons. The van der Waals surface area contributed by atoms with Crippen LogP contribution in [0.4, 0.5) is 0 Å². The Labute approximate surface area is 618 Å². The van der Waals surface area contributed by atoms with Crippen molar-refractivity contribution in [2.24, 2.45) is 0 Å². The van der Waals surface area contributed by atoms with Crippen LogP contribution < -0.4 is 0 Å². The van der Waals surface area contributed by atoms with Crippen molar-refractivity contribution in [3.05, 3.63) is 112 Å². The predicted octanol–water partition coefficient (Wildman–Crippen LogP) is 20.9. The SMILES string of the molecule is C=C(C)C(=O)OCCCCCCCCOC.C=C(C)CCCCCCOC.C=C(C)CCOC.C=CC(=O)OCCCC.C=CC(=O)OCCCCC.C=CC(=O)OCCCCCC.C=CC(=O)OCCCCCCC.C=CC(=O)OCCCCCCCCC.C=CC(=O)OCCCCOC. The van der Waals surface area contributed by atoms with Gasteiger partial charge in [-0.3, -0.25) is 0 Å². The Hall–Kier alpha value is -6.21. The van der Waals surface area contributed by atoms with Crippen LogP contribution in [0, 0.1) is 0 Å². The zero-order valence-electron chi connectivity index (χ0n) is 66.7. The molecule has 0 aliphatic carbocycles. The molecule has 0 rings (SSSR count). The van der Waals surface area contributed by atoms with Crippen molar-refractivity contribution < 1.29 is 85.7 Å². The fourth-order valence-electron chi connectivity index (χ4n) is 7.18. The van der Waals surface area contributed by atoms with Gasteiger partial charge in [0, 0.05) is 96.9 Å². The molecule has 0 bridgehead atoms.